The summed E-state index contributed by atoms with van der Waals surface area (Å²) < 4.78 is 39.6. The zero-order chi connectivity index (χ0) is 13.3. The lowest BCUT2D eigenvalue weighted by Crippen LogP contribution is -2.22. The van der Waals surface area contributed by atoms with E-state index >= 15 is 0 Å². The molecule has 18 heavy (non-hydrogen) atoms. The predicted octanol–water partition coefficient (Wildman–Crippen LogP) is 3.93. The minimum absolute atomic E-state index is 0.153. The molecule has 1 nitrogen and oxygen atoms in total. The van der Waals surface area contributed by atoms with Crippen LogP contribution in [0.1, 0.15) is 24.8 Å². The molecule has 100 valence electrons. The molecule has 0 bridgehead atoms. The van der Waals surface area contributed by atoms with Crippen molar-refractivity contribution in [3.63, 3.8) is 0 Å². The highest BCUT2D eigenvalue weighted by atomic mass is 79.9. The number of alkyl halides is 2. The van der Waals surface area contributed by atoms with Crippen LogP contribution in [0.4, 0.5) is 13.2 Å². The highest BCUT2D eigenvalue weighted by Crippen LogP contribution is 2.41. The first kappa shape index (κ1) is 13.9. The summed E-state index contributed by atoms with van der Waals surface area (Å²) in [6, 6.07) is 4.18. The van der Waals surface area contributed by atoms with Crippen molar-refractivity contribution in [2.75, 3.05) is 0 Å². The van der Waals surface area contributed by atoms with Gasteiger partial charge in [-0.05, 0) is 36.5 Å². The minimum Gasteiger partial charge on any atom is -0.392 e. The Hall–Kier alpha value is -0.550. The summed E-state index contributed by atoms with van der Waals surface area (Å²) >= 11 is 3.21. The van der Waals surface area contributed by atoms with Crippen LogP contribution in [0.2, 0.25) is 0 Å². The molecule has 0 aliphatic heterocycles. The van der Waals surface area contributed by atoms with E-state index in [2.05, 4.69) is 15.9 Å². The first-order valence-corrected chi connectivity index (χ1v) is 6.66. The van der Waals surface area contributed by atoms with E-state index in [0.29, 0.717) is 10.9 Å². The lowest BCUT2D eigenvalue weighted by molar-refractivity contribution is -0.00480. The molecule has 2 unspecified atom stereocenters. The fraction of sp³-hybridized carbons (Fsp3) is 0.538. The number of aliphatic hydroxyl groups excluding tert-OH is 1. The summed E-state index contributed by atoms with van der Waals surface area (Å²) in [6.45, 7) is 0. The second-order valence-corrected chi connectivity index (χ2v) is 5.72. The predicted molar refractivity (Wildman–Crippen MR) is 66.1 cm³/mol. The summed E-state index contributed by atoms with van der Waals surface area (Å²) in [5.74, 6) is -3.39. The molecule has 0 aromatic heterocycles. The van der Waals surface area contributed by atoms with Gasteiger partial charge in [0.25, 0.3) is 0 Å². The molecule has 2 atom stereocenters. The SMILES string of the molecule is OC(Cc1ccc(F)cc1Br)C1CCC(F)(F)C1. The van der Waals surface area contributed by atoms with Crippen molar-refractivity contribution in [3.05, 3.63) is 34.1 Å². The summed E-state index contributed by atoms with van der Waals surface area (Å²) in [7, 11) is 0. The van der Waals surface area contributed by atoms with Crippen LogP contribution in [0.25, 0.3) is 0 Å². The van der Waals surface area contributed by atoms with E-state index < -0.39 is 12.0 Å². The van der Waals surface area contributed by atoms with E-state index in [1.165, 1.54) is 12.1 Å². The Morgan fingerprint density at radius 1 is 1.44 bits per heavy atom. The quantitative estimate of drug-likeness (QED) is 0.894. The molecule has 0 spiro atoms. The first-order chi connectivity index (χ1) is 8.37. The summed E-state index contributed by atoms with van der Waals surface area (Å²) in [6.07, 6.45) is -0.610. The van der Waals surface area contributed by atoms with Crippen LogP contribution >= 0.6 is 15.9 Å². The molecule has 0 radical (unpaired) electrons. The van der Waals surface area contributed by atoms with Crippen LogP contribution in [0, 0.1) is 11.7 Å². The van der Waals surface area contributed by atoms with Gasteiger partial charge in [-0.3, -0.25) is 0 Å². The monoisotopic (exact) mass is 322 g/mol. The molecule has 5 heteroatoms. The summed E-state index contributed by atoms with van der Waals surface area (Å²) in [5.41, 5.74) is 0.735. The number of rotatable bonds is 3. The molecule has 2 rings (SSSR count). The second kappa shape index (κ2) is 5.21. The molecule has 0 saturated heterocycles. The van der Waals surface area contributed by atoms with E-state index in [-0.39, 0.29) is 31.0 Å². The van der Waals surface area contributed by atoms with E-state index in [0.717, 1.165) is 5.56 Å². The minimum atomic E-state index is -2.65. The van der Waals surface area contributed by atoms with Crippen molar-refractivity contribution < 1.29 is 18.3 Å². The molecule has 1 aliphatic carbocycles. The van der Waals surface area contributed by atoms with Gasteiger partial charge in [-0.2, -0.15) is 0 Å². The van der Waals surface area contributed by atoms with Gasteiger partial charge in [0.1, 0.15) is 5.82 Å². The highest BCUT2D eigenvalue weighted by molar-refractivity contribution is 9.10. The van der Waals surface area contributed by atoms with Crippen LogP contribution < -0.4 is 0 Å². The molecule has 0 amide bonds. The van der Waals surface area contributed by atoms with Crippen LogP contribution in [-0.2, 0) is 6.42 Å². The van der Waals surface area contributed by atoms with E-state index in [1.807, 2.05) is 0 Å². The average Bonchev–Trinajstić information content (AvgIpc) is 2.63. The maximum absolute atomic E-state index is 13.1. The average molecular weight is 323 g/mol. The molecule has 0 heterocycles. The van der Waals surface area contributed by atoms with Crippen LogP contribution in [0.15, 0.2) is 22.7 Å². The number of hydrogen-bond donors (Lipinski definition) is 1. The van der Waals surface area contributed by atoms with Crippen molar-refractivity contribution in [2.45, 2.75) is 37.7 Å². The second-order valence-electron chi connectivity index (χ2n) is 4.87. The van der Waals surface area contributed by atoms with Crippen molar-refractivity contribution in [1.82, 2.24) is 0 Å². The summed E-state index contributed by atoms with van der Waals surface area (Å²) in [5, 5.41) is 9.98. The van der Waals surface area contributed by atoms with Gasteiger partial charge in [-0.1, -0.05) is 22.0 Å². The zero-order valence-corrected chi connectivity index (χ0v) is 11.3. The molecule has 1 aliphatic rings. The molecular formula is C13H14BrF3O. The maximum Gasteiger partial charge on any atom is 0.248 e. The van der Waals surface area contributed by atoms with Crippen molar-refractivity contribution in [3.8, 4) is 0 Å². The molecule has 1 aromatic rings. The van der Waals surface area contributed by atoms with Gasteiger partial charge >= 0.3 is 0 Å². The maximum atomic E-state index is 13.1. The third-order valence-corrected chi connectivity index (χ3v) is 4.17. The third-order valence-electron chi connectivity index (χ3n) is 3.43. The Balaban J connectivity index is 2.01. The van der Waals surface area contributed by atoms with Gasteiger partial charge in [-0.25, -0.2) is 13.2 Å². The van der Waals surface area contributed by atoms with E-state index in [4.69, 9.17) is 0 Å². The molecule has 1 N–H and O–H groups in total. The number of aliphatic hydroxyl groups is 1. The van der Waals surface area contributed by atoms with Gasteiger partial charge in [0, 0.05) is 17.3 Å². The third kappa shape index (κ3) is 3.26. The fourth-order valence-electron chi connectivity index (χ4n) is 2.39. The number of halogens is 4. The molecular weight excluding hydrogens is 309 g/mol. The first-order valence-electron chi connectivity index (χ1n) is 5.87. The van der Waals surface area contributed by atoms with Gasteiger partial charge in [0.15, 0.2) is 0 Å². The van der Waals surface area contributed by atoms with Gasteiger partial charge in [0.05, 0.1) is 6.10 Å². The largest absolute Gasteiger partial charge is 0.392 e. The van der Waals surface area contributed by atoms with Crippen molar-refractivity contribution in [2.24, 2.45) is 5.92 Å². The Morgan fingerprint density at radius 3 is 2.72 bits per heavy atom. The summed E-state index contributed by atoms with van der Waals surface area (Å²) in [4.78, 5) is 0. The van der Waals surface area contributed by atoms with Crippen LogP contribution in [0.3, 0.4) is 0 Å². The Morgan fingerprint density at radius 2 is 2.17 bits per heavy atom. The van der Waals surface area contributed by atoms with Crippen molar-refractivity contribution in [1.29, 1.82) is 0 Å². The van der Waals surface area contributed by atoms with Crippen molar-refractivity contribution >= 4 is 15.9 Å². The molecule has 1 aromatic carbocycles. The number of benzene rings is 1. The van der Waals surface area contributed by atoms with Gasteiger partial charge < -0.3 is 5.11 Å². The lowest BCUT2D eigenvalue weighted by atomic mass is 9.95. The van der Waals surface area contributed by atoms with E-state index in [1.54, 1.807) is 6.07 Å². The van der Waals surface area contributed by atoms with Gasteiger partial charge in [0.2, 0.25) is 5.92 Å². The lowest BCUT2D eigenvalue weighted by Gasteiger charge is -2.18. The fourth-order valence-corrected chi connectivity index (χ4v) is 2.90. The molecule has 1 saturated carbocycles. The highest BCUT2D eigenvalue weighted by Gasteiger charge is 2.42. The standard InChI is InChI=1S/C13H14BrF3O/c14-11-6-10(15)2-1-8(11)5-12(18)9-3-4-13(16,17)7-9/h1-2,6,9,12,18H,3-5,7H2. The Bertz CT molecular complexity index is 436. The van der Waals surface area contributed by atoms with Gasteiger partial charge in [-0.15, -0.1) is 0 Å². The normalized spacial score (nSPS) is 24.2. The topological polar surface area (TPSA) is 20.2 Å². The molecule has 1 fully saturated rings. The smallest absolute Gasteiger partial charge is 0.248 e. The number of hydrogen-bond acceptors (Lipinski definition) is 1. The van der Waals surface area contributed by atoms with Crippen LogP contribution in [0.5, 0.6) is 0 Å². The van der Waals surface area contributed by atoms with E-state index in [9.17, 15) is 18.3 Å². The Labute approximate surface area is 112 Å². The zero-order valence-electron chi connectivity index (χ0n) is 9.67. The van der Waals surface area contributed by atoms with Crippen LogP contribution in [-0.4, -0.2) is 17.1 Å². The Kier molecular flexibility index (Phi) is 4.02.